The van der Waals surface area contributed by atoms with Gasteiger partial charge in [-0.1, -0.05) is 25.7 Å². The van der Waals surface area contributed by atoms with Gasteiger partial charge in [0, 0.05) is 14.1 Å². The van der Waals surface area contributed by atoms with Crippen LogP contribution in [0.4, 0.5) is 0 Å². The lowest BCUT2D eigenvalue weighted by molar-refractivity contribution is -0.137. The lowest BCUT2D eigenvalue weighted by Crippen LogP contribution is -2.22. The van der Waals surface area contributed by atoms with Gasteiger partial charge in [-0.05, 0) is 13.0 Å². The maximum Gasteiger partial charge on any atom is 0.330 e. The Morgan fingerprint density at radius 2 is 2.00 bits per heavy atom. The van der Waals surface area contributed by atoms with Crippen molar-refractivity contribution in [2.75, 3.05) is 6.61 Å². The number of esters is 1. The summed E-state index contributed by atoms with van der Waals surface area (Å²) >= 11 is 0. The molecule has 0 saturated heterocycles. The van der Waals surface area contributed by atoms with Crippen LogP contribution >= 0.6 is 0 Å². The third kappa shape index (κ3) is 7.53. The number of ether oxygens (including phenoxy) is 1. The average Bonchev–Trinajstić information content (AvgIpc) is 1.84. The molecule has 0 rings (SSSR count). The minimum atomic E-state index is -1.05. The fraction of sp³-hybridized carbons (Fsp3) is 0.667. The van der Waals surface area contributed by atoms with Crippen molar-refractivity contribution < 1.29 is 9.53 Å². The molecule has 70 valence electrons. The minimum Gasteiger partial charge on any atom is -0.463 e. The second-order valence-corrected chi connectivity index (χ2v) is 9.60. The fourth-order valence-corrected chi connectivity index (χ4v) is 1.36. The van der Waals surface area contributed by atoms with E-state index in [2.05, 4.69) is 19.6 Å². The van der Waals surface area contributed by atoms with Gasteiger partial charge < -0.3 is 4.74 Å². The Hall–Kier alpha value is -0.573. The van der Waals surface area contributed by atoms with Crippen LogP contribution in [0.1, 0.15) is 6.92 Å². The van der Waals surface area contributed by atoms with E-state index in [1.807, 2.05) is 0 Å². The third-order valence-corrected chi connectivity index (χ3v) is 3.10. The maximum absolute atomic E-state index is 10.8. The van der Waals surface area contributed by atoms with Crippen LogP contribution in [0.15, 0.2) is 12.2 Å². The van der Waals surface area contributed by atoms with E-state index in [0.29, 0.717) is 6.61 Å². The van der Waals surface area contributed by atoms with Gasteiger partial charge in [0.2, 0.25) is 0 Å². The van der Waals surface area contributed by atoms with Crippen LogP contribution in [-0.2, 0) is 9.53 Å². The molecule has 0 saturated carbocycles. The minimum absolute atomic E-state index is 0.226. The molecule has 0 spiro atoms. The predicted octanol–water partition coefficient (Wildman–Crippen LogP) is 2.44. The van der Waals surface area contributed by atoms with Gasteiger partial charge >= 0.3 is 5.97 Å². The maximum atomic E-state index is 10.8. The van der Waals surface area contributed by atoms with E-state index in [1.54, 1.807) is 13.0 Å². The highest BCUT2D eigenvalue weighted by atomic mass is 28.3. The van der Waals surface area contributed by atoms with E-state index in [-0.39, 0.29) is 5.97 Å². The molecule has 0 amide bonds. The summed E-state index contributed by atoms with van der Waals surface area (Å²) in [5.74, 6) is -0.226. The van der Waals surface area contributed by atoms with E-state index in [1.165, 1.54) is 6.08 Å². The quantitative estimate of drug-likeness (QED) is 0.383. The molecular formula is C9H18O2Si. The first-order chi connectivity index (χ1) is 5.45. The normalized spacial score (nSPS) is 12.0. The standard InChI is InChI=1S/C9H18O2Si/c1-5-6-9(10)11-7-8-12(2,3)4/h5-6H,7-8H2,1-4H3/b6-5+. The van der Waals surface area contributed by atoms with Crippen LogP contribution in [0.3, 0.4) is 0 Å². The molecule has 0 aliphatic heterocycles. The van der Waals surface area contributed by atoms with E-state index in [9.17, 15) is 4.79 Å². The van der Waals surface area contributed by atoms with Crippen LogP contribution in [0.25, 0.3) is 0 Å². The van der Waals surface area contributed by atoms with E-state index in [4.69, 9.17) is 4.74 Å². The molecule has 0 N–H and O–H groups in total. The predicted molar refractivity (Wildman–Crippen MR) is 53.9 cm³/mol. The number of carbonyl (C=O) groups excluding carboxylic acids is 1. The Morgan fingerprint density at radius 1 is 1.42 bits per heavy atom. The summed E-state index contributed by atoms with van der Waals surface area (Å²) in [6.45, 7) is 9.15. The van der Waals surface area contributed by atoms with Crippen LogP contribution < -0.4 is 0 Å². The summed E-state index contributed by atoms with van der Waals surface area (Å²) in [4.78, 5) is 10.8. The summed E-state index contributed by atoms with van der Waals surface area (Å²) in [7, 11) is -1.05. The third-order valence-electron chi connectivity index (χ3n) is 1.40. The Morgan fingerprint density at radius 3 is 2.42 bits per heavy atom. The van der Waals surface area contributed by atoms with Crippen molar-refractivity contribution in [2.24, 2.45) is 0 Å². The zero-order valence-electron chi connectivity index (χ0n) is 8.39. The van der Waals surface area contributed by atoms with Gasteiger partial charge in [0.05, 0.1) is 6.61 Å². The van der Waals surface area contributed by atoms with Crippen LogP contribution in [0, 0.1) is 0 Å². The lowest BCUT2D eigenvalue weighted by atomic mass is 10.5. The molecule has 0 bridgehead atoms. The van der Waals surface area contributed by atoms with E-state index < -0.39 is 8.07 Å². The number of hydrogen-bond acceptors (Lipinski definition) is 2. The molecule has 0 aromatic heterocycles. The summed E-state index contributed by atoms with van der Waals surface area (Å²) in [5, 5.41) is 0. The highest BCUT2D eigenvalue weighted by molar-refractivity contribution is 6.76. The van der Waals surface area contributed by atoms with Crippen molar-refractivity contribution in [2.45, 2.75) is 32.6 Å². The largest absolute Gasteiger partial charge is 0.463 e. The second-order valence-electron chi connectivity index (χ2n) is 3.98. The van der Waals surface area contributed by atoms with Gasteiger partial charge in [0.1, 0.15) is 0 Å². The smallest absolute Gasteiger partial charge is 0.330 e. The second kappa shape index (κ2) is 5.14. The summed E-state index contributed by atoms with van der Waals surface area (Å²) in [6, 6.07) is 1.04. The molecule has 12 heavy (non-hydrogen) atoms. The number of allylic oxidation sites excluding steroid dienone is 1. The molecule has 0 aromatic rings. The van der Waals surface area contributed by atoms with Crippen molar-refractivity contribution in [1.82, 2.24) is 0 Å². The van der Waals surface area contributed by atoms with Crippen molar-refractivity contribution in [1.29, 1.82) is 0 Å². The Bertz CT molecular complexity index is 168. The number of carbonyl (C=O) groups is 1. The van der Waals surface area contributed by atoms with E-state index in [0.717, 1.165) is 6.04 Å². The van der Waals surface area contributed by atoms with Crippen molar-refractivity contribution in [3.8, 4) is 0 Å². The molecule has 0 aliphatic rings. The van der Waals surface area contributed by atoms with Crippen molar-refractivity contribution >= 4 is 14.0 Å². The van der Waals surface area contributed by atoms with Gasteiger partial charge in [-0.2, -0.15) is 0 Å². The monoisotopic (exact) mass is 186 g/mol. The number of hydrogen-bond donors (Lipinski definition) is 0. The molecule has 3 heteroatoms. The van der Waals surface area contributed by atoms with Crippen molar-refractivity contribution in [3.63, 3.8) is 0 Å². The average molecular weight is 186 g/mol. The molecule has 0 radical (unpaired) electrons. The first-order valence-corrected chi connectivity index (χ1v) is 7.96. The molecule has 0 heterocycles. The number of rotatable bonds is 4. The topological polar surface area (TPSA) is 26.3 Å². The van der Waals surface area contributed by atoms with Gasteiger partial charge in [-0.25, -0.2) is 4.79 Å². The van der Waals surface area contributed by atoms with Crippen molar-refractivity contribution in [3.05, 3.63) is 12.2 Å². The van der Waals surface area contributed by atoms with E-state index >= 15 is 0 Å². The molecular weight excluding hydrogens is 168 g/mol. The SMILES string of the molecule is C/C=C/C(=O)OCC[Si](C)(C)C. The van der Waals surface area contributed by atoms with Crippen LogP contribution in [-0.4, -0.2) is 20.7 Å². The Kier molecular flexibility index (Phi) is 4.89. The summed E-state index contributed by atoms with van der Waals surface area (Å²) in [5.41, 5.74) is 0. The molecule has 0 atom stereocenters. The van der Waals surface area contributed by atoms with Gasteiger partial charge in [0.25, 0.3) is 0 Å². The first-order valence-electron chi connectivity index (χ1n) is 4.25. The van der Waals surface area contributed by atoms with Gasteiger partial charge in [-0.15, -0.1) is 0 Å². The van der Waals surface area contributed by atoms with Gasteiger partial charge in [0.15, 0.2) is 0 Å². The molecule has 0 unspecified atom stereocenters. The highest BCUT2D eigenvalue weighted by Gasteiger charge is 2.12. The Balaban J connectivity index is 3.51. The lowest BCUT2D eigenvalue weighted by Gasteiger charge is -2.14. The van der Waals surface area contributed by atoms with Crippen LogP contribution in [0.5, 0.6) is 0 Å². The molecule has 2 nitrogen and oxygen atoms in total. The fourth-order valence-electron chi connectivity index (χ4n) is 0.642. The summed E-state index contributed by atoms with van der Waals surface area (Å²) in [6.07, 6.45) is 3.14. The zero-order valence-corrected chi connectivity index (χ0v) is 9.39. The first kappa shape index (κ1) is 11.4. The molecule has 0 fully saturated rings. The Labute approximate surface area is 75.6 Å². The molecule has 0 aromatic carbocycles. The molecule has 0 aliphatic carbocycles. The summed E-state index contributed by atoms with van der Waals surface area (Å²) < 4.78 is 4.97. The highest BCUT2D eigenvalue weighted by Crippen LogP contribution is 2.07. The van der Waals surface area contributed by atoms with Crippen LogP contribution in [0.2, 0.25) is 25.7 Å². The van der Waals surface area contributed by atoms with Gasteiger partial charge in [-0.3, -0.25) is 0 Å². The zero-order chi connectivity index (χ0) is 9.61.